The normalized spacial score (nSPS) is 17.3. The first kappa shape index (κ1) is 18.4. The second-order valence-electron chi connectivity index (χ2n) is 7.93. The largest absolute Gasteiger partial charge is 0.496 e. The monoisotopic (exact) mass is 413 g/mol. The van der Waals surface area contributed by atoms with Gasteiger partial charge in [0.25, 0.3) is 0 Å². The second kappa shape index (κ2) is 6.73. The van der Waals surface area contributed by atoms with E-state index >= 15 is 0 Å². The third-order valence-corrected chi connectivity index (χ3v) is 6.03. The van der Waals surface area contributed by atoms with Gasteiger partial charge in [-0.15, -0.1) is 0 Å². The van der Waals surface area contributed by atoms with Gasteiger partial charge in [0.2, 0.25) is 0 Å². The Morgan fingerprint density at radius 3 is 2.72 bits per heavy atom. The highest BCUT2D eigenvalue weighted by Gasteiger charge is 2.43. The summed E-state index contributed by atoms with van der Waals surface area (Å²) in [5.74, 6) is 1.42. The quantitative estimate of drug-likeness (QED) is 0.628. The predicted molar refractivity (Wildman–Crippen MR) is 112 cm³/mol. The molecule has 2 aliphatic carbocycles. The molecule has 7 heteroatoms. The number of nitrogens with one attached hydrogen (secondary N) is 1. The molecule has 0 spiro atoms. The van der Waals surface area contributed by atoms with E-state index in [1.54, 1.807) is 19.2 Å². The van der Waals surface area contributed by atoms with Crippen LogP contribution in [0.3, 0.4) is 0 Å². The molecule has 0 amide bonds. The molecule has 0 atom stereocenters. The van der Waals surface area contributed by atoms with Gasteiger partial charge in [0.1, 0.15) is 17.2 Å². The molecule has 2 saturated carbocycles. The summed E-state index contributed by atoms with van der Waals surface area (Å²) < 4.78 is 21.4. The smallest absolute Gasteiger partial charge is 0.354 e. The number of anilines is 1. The third-order valence-electron chi connectivity index (χ3n) is 5.71. The maximum absolute atomic E-state index is 14.2. The number of halogens is 2. The summed E-state index contributed by atoms with van der Waals surface area (Å²) >= 11 is 6.40. The Balaban J connectivity index is 1.78. The summed E-state index contributed by atoms with van der Waals surface area (Å²) in [5.41, 5.74) is 0.655. The number of para-hydroxylation sites is 1. The Bertz CT molecular complexity index is 1170. The van der Waals surface area contributed by atoms with Crippen molar-refractivity contribution < 1.29 is 9.13 Å². The van der Waals surface area contributed by atoms with Crippen LogP contribution < -0.4 is 15.7 Å². The molecule has 1 heterocycles. The van der Waals surface area contributed by atoms with Crippen LogP contribution in [0.25, 0.3) is 16.6 Å². The maximum Gasteiger partial charge on any atom is 0.354 e. The topological polar surface area (TPSA) is 56.1 Å². The lowest BCUT2D eigenvalue weighted by Gasteiger charge is -2.18. The fourth-order valence-electron chi connectivity index (χ4n) is 3.70. The van der Waals surface area contributed by atoms with Gasteiger partial charge in [0, 0.05) is 0 Å². The third kappa shape index (κ3) is 3.35. The minimum Gasteiger partial charge on any atom is -0.496 e. The minimum atomic E-state index is -1.22. The van der Waals surface area contributed by atoms with Gasteiger partial charge in [-0.2, -0.15) is 4.98 Å². The maximum atomic E-state index is 14.2. The number of nitrogens with zero attached hydrogens (tertiary/aromatic N) is 2. The van der Waals surface area contributed by atoms with E-state index in [0.717, 1.165) is 18.4 Å². The van der Waals surface area contributed by atoms with Crippen molar-refractivity contribution in [2.45, 2.75) is 37.3 Å². The van der Waals surface area contributed by atoms with Gasteiger partial charge in [0.05, 0.1) is 35.3 Å². The van der Waals surface area contributed by atoms with Crippen molar-refractivity contribution in [3.05, 3.63) is 57.5 Å². The molecule has 5 nitrogen and oxygen atoms in total. The van der Waals surface area contributed by atoms with E-state index < -0.39 is 11.4 Å². The van der Waals surface area contributed by atoms with Crippen LogP contribution in [0.15, 0.2) is 41.2 Å². The zero-order valence-corrected chi connectivity index (χ0v) is 16.8. The van der Waals surface area contributed by atoms with Crippen LogP contribution in [-0.2, 0) is 0 Å². The average molecular weight is 414 g/mol. The molecule has 0 bridgehead atoms. The van der Waals surface area contributed by atoms with Crippen molar-refractivity contribution >= 4 is 28.3 Å². The van der Waals surface area contributed by atoms with E-state index in [-0.39, 0.29) is 6.54 Å². The van der Waals surface area contributed by atoms with Gasteiger partial charge in [0.15, 0.2) is 0 Å². The van der Waals surface area contributed by atoms with Crippen molar-refractivity contribution in [1.82, 2.24) is 9.55 Å². The summed E-state index contributed by atoms with van der Waals surface area (Å²) in [4.78, 5) is 17.3. The molecular formula is C22H21ClFN3O2. The van der Waals surface area contributed by atoms with Crippen LogP contribution in [-0.4, -0.2) is 28.9 Å². The molecule has 2 aromatic carbocycles. The molecule has 0 aliphatic heterocycles. The highest BCUT2D eigenvalue weighted by molar-refractivity contribution is 6.32. The van der Waals surface area contributed by atoms with Gasteiger partial charge in [-0.25, -0.2) is 9.18 Å². The van der Waals surface area contributed by atoms with E-state index in [1.807, 2.05) is 24.3 Å². The number of hydrogen-bond donors (Lipinski definition) is 1. The molecule has 1 N–H and O–H groups in total. The number of hydrogen-bond acceptors (Lipinski definition) is 4. The van der Waals surface area contributed by atoms with E-state index in [1.165, 1.54) is 4.57 Å². The highest BCUT2D eigenvalue weighted by atomic mass is 35.5. The Morgan fingerprint density at radius 1 is 1.31 bits per heavy atom. The summed E-state index contributed by atoms with van der Waals surface area (Å²) in [7, 11) is 1.59. The van der Waals surface area contributed by atoms with E-state index in [4.69, 9.17) is 16.3 Å². The molecule has 150 valence electrons. The van der Waals surface area contributed by atoms with Crippen molar-refractivity contribution in [2.24, 2.45) is 0 Å². The highest BCUT2D eigenvalue weighted by Crippen LogP contribution is 2.45. The molecule has 3 aromatic rings. The zero-order chi connectivity index (χ0) is 20.2. The average Bonchev–Trinajstić information content (AvgIpc) is 3.63. The van der Waals surface area contributed by atoms with Crippen LogP contribution in [0.5, 0.6) is 5.75 Å². The fraction of sp³-hybridized carbons (Fsp3) is 0.364. The number of ether oxygens (including phenoxy) is 1. The number of benzene rings is 2. The molecule has 2 fully saturated rings. The first-order valence-corrected chi connectivity index (χ1v) is 10.2. The van der Waals surface area contributed by atoms with Crippen LogP contribution in [0.1, 0.15) is 37.2 Å². The second-order valence-corrected chi connectivity index (χ2v) is 8.33. The Morgan fingerprint density at radius 2 is 2.07 bits per heavy atom. The zero-order valence-electron chi connectivity index (χ0n) is 16.0. The molecule has 2 aliphatic rings. The minimum absolute atomic E-state index is 0.123. The van der Waals surface area contributed by atoms with Crippen LogP contribution in [0.4, 0.5) is 10.2 Å². The first-order valence-electron chi connectivity index (χ1n) is 9.81. The standard InChI is InChI=1S/C22H21ClFN3O2/c1-29-18-11-14(13-6-7-13)10-17-19(18)20(25-12-22(24)8-9-22)26-21(28)27(17)16-5-3-2-4-15(16)23/h2-5,10-11,13H,6-9,12H2,1H3,(H,25,26,28). The Labute approximate surface area is 172 Å². The number of alkyl halides is 1. The molecule has 1 aromatic heterocycles. The lowest BCUT2D eigenvalue weighted by Crippen LogP contribution is -2.26. The van der Waals surface area contributed by atoms with Crippen molar-refractivity contribution in [3.8, 4) is 11.4 Å². The van der Waals surface area contributed by atoms with Crippen molar-refractivity contribution in [3.63, 3.8) is 0 Å². The summed E-state index contributed by atoms with van der Waals surface area (Å²) in [6, 6.07) is 11.2. The van der Waals surface area contributed by atoms with E-state index in [0.29, 0.717) is 51.9 Å². The molecule has 0 radical (unpaired) electrons. The fourth-order valence-corrected chi connectivity index (χ4v) is 3.92. The van der Waals surface area contributed by atoms with Crippen molar-refractivity contribution in [1.29, 1.82) is 0 Å². The number of aromatic nitrogens is 2. The molecule has 0 saturated heterocycles. The molecule has 0 unspecified atom stereocenters. The molecule has 5 rings (SSSR count). The van der Waals surface area contributed by atoms with Crippen molar-refractivity contribution in [2.75, 3.05) is 19.0 Å². The number of rotatable bonds is 6. The number of fused-ring (bicyclic) bond motifs is 1. The van der Waals surface area contributed by atoms with Gasteiger partial charge < -0.3 is 10.1 Å². The summed E-state index contributed by atoms with van der Waals surface area (Å²) in [6.45, 7) is 0.123. The first-order chi connectivity index (χ1) is 14.0. The van der Waals surface area contributed by atoms with Gasteiger partial charge in [-0.05, 0) is 61.4 Å². The molecular weight excluding hydrogens is 393 g/mol. The van der Waals surface area contributed by atoms with Gasteiger partial charge >= 0.3 is 5.69 Å². The Hall–Kier alpha value is -2.60. The lowest BCUT2D eigenvalue weighted by atomic mass is 10.1. The van der Waals surface area contributed by atoms with Crippen LogP contribution in [0.2, 0.25) is 5.02 Å². The number of methoxy groups -OCH3 is 1. The summed E-state index contributed by atoms with van der Waals surface area (Å²) in [6.07, 6.45) is 3.28. The van der Waals surface area contributed by atoms with Gasteiger partial charge in [-0.3, -0.25) is 4.57 Å². The Kier molecular flexibility index (Phi) is 4.28. The van der Waals surface area contributed by atoms with Gasteiger partial charge in [-0.1, -0.05) is 23.7 Å². The molecule has 29 heavy (non-hydrogen) atoms. The van der Waals surface area contributed by atoms with Crippen LogP contribution >= 0.6 is 11.6 Å². The van der Waals surface area contributed by atoms with Crippen LogP contribution in [0, 0.1) is 0 Å². The lowest BCUT2D eigenvalue weighted by molar-refractivity contribution is 0.326. The van der Waals surface area contributed by atoms with E-state index in [2.05, 4.69) is 10.3 Å². The summed E-state index contributed by atoms with van der Waals surface area (Å²) in [5, 5.41) is 4.16. The SMILES string of the molecule is COc1cc(C2CC2)cc2c1c(NCC1(F)CC1)nc(=O)n2-c1ccccc1Cl. The predicted octanol–water partition coefficient (Wildman–Crippen LogP) is 4.84. The van der Waals surface area contributed by atoms with E-state index in [9.17, 15) is 9.18 Å².